The van der Waals surface area contributed by atoms with Crippen molar-refractivity contribution < 1.29 is 9.18 Å². The van der Waals surface area contributed by atoms with E-state index in [-0.39, 0.29) is 11.6 Å². The van der Waals surface area contributed by atoms with Crippen LogP contribution in [0.3, 0.4) is 0 Å². The molecule has 1 amide bonds. The van der Waals surface area contributed by atoms with Gasteiger partial charge in [-0.2, -0.15) is 0 Å². The van der Waals surface area contributed by atoms with Gasteiger partial charge in [0.1, 0.15) is 17.7 Å². The number of nitrogens with two attached hydrogens (primary N) is 1. The summed E-state index contributed by atoms with van der Waals surface area (Å²) in [7, 11) is 0. The van der Waals surface area contributed by atoms with Crippen LogP contribution in [0, 0.1) is 5.82 Å². The van der Waals surface area contributed by atoms with Crippen LogP contribution in [0.1, 0.15) is 32.1 Å². The van der Waals surface area contributed by atoms with Crippen molar-refractivity contribution in [2.45, 2.75) is 32.7 Å². The summed E-state index contributed by atoms with van der Waals surface area (Å²) in [5.74, 6) is 0.0206. The predicted octanol–water partition coefficient (Wildman–Crippen LogP) is 2.76. The van der Waals surface area contributed by atoms with Crippen LogP contribution in [0.25, 0.3) is 0 Å². The lowest BCUT2D eigenvalue weighted by atomic mass is 10.2. The van der Waals surface area contributed by atoms with Crippen molar-refractivity contribution >= 4 is 17.3 Å². The zero-order valence-electron chi connectivity index (χ0n) is 12.1. The van der Waals surface area contributed by atoms with Crippen molar-refractivity contribution in [3.8, 4) is 0 Å². The van der Waals surface area contributed by atoms with Gasteiger partial charge in [-0.05, 0) is 31.5 Å². The van der Waals surface area contributed by atoms with Crippen LogP contribution < -0.4 is 11.1 Å². The number of amides is 1. The molecular weight excluding hydrogens is 271 g/mol. The number of aromatic nitrogens is 2. The van der Waals surface area contributed by atoms with Gasteiger partial charge in [0.25, 0.3) is 0 Å². The number of imidazole rings is 1. The number of nitrogens with one attached hydrogen (secondary N) is 1. The summed E-state index contributed by atoms with van der Waals surface area (Å²) in [6, 6.07) is 3.61. The van der Waals surface area contributed by atoms with E-state index in [2.05, 4.69) is 10.3 Å². The Morgan fingerprint density at radius 2 is 2.29 bits per heavy atom. The maximum absolute atomic E-state index is 13.6. The molecule has 1 atom stereocenters. The highest BCUT2D eigenvalue weighted by Crippen LogP contribution is 2.20. The number of hydrogen-bond donors (Lipinski definition) is 2. The zero-order chi connectivity index (χ0) is 15.4. The molecule has 0 bridgehead atoms. The van der Waals surface area contributed by atoms with E-state index in [1.54, 1.807) is 23.9 Å². The third kappa shape index (κ3) is 3.39. The molecule has 0 spiro atoms. The fraction of sp³-hybridized carbons (Fsp3) is 0.333. The van der Waals surface area contributed by atoms with Crippen molar-refractivity contribution in [1.82, 2.24) is 9.55 Å². The van der Waals surface area contributed by atoms with Crippen molar-refractivity contribution in [2.75, 3.05) is 11.1 Å². The van der Waals surface area contributed by atoms with E-state index in [1.807, 2.05) is 6.92 Å². The second-order valence-electron chi connectivity index (χ2n) is 4.91. The molecule has 3 N–H and O–H groups in total. The van der Waals surface area contributed by atoms with Crippen molar-refractivity contribution in [3.05, 3.63) is 42.2 Å². The number of nitrogen functional groups attached to an aromatic ring is 1. The van der Waals surface area contributed by atoms with Crippen LogP contribution in [0.15, 0.2) is 30.6 Å². The Kier molecular flexibility index (Phi) is 4.57. The lowest BCUT2D eigenvalue weighted by molar-refractivity contribution is -0.118. The molecule has 0 aliphatic carbocycles. The van der Waals surface area contributed by atoms with Crippen molar-refractivity contribution in [2.24, 2.45) is 0 Å². The molecule has 112 valence electrons. The monoisotopic (exact) mass is 290 g/mol. The van der Waals surface area contributed by atoms with Crippen LogP contribution in [0.5, 0.6) is 0 Å². The topological polar surface area (TPSA) is 72.9 Å². The number of carbonyl (C=O) groups is 1. The Hall–Kier alpha value is -2.37. The molecule has 0 radical (unpaired) electrons. The standard InChI is InChI=1S/C15H19FN4O/c1-3-4-14-18-7-8-20(14)10(2)15(21)19-13-9-11(17)5-6-12(13)16/h5-10H,3-4,17H2,1-2H3,(H,19,21). The fourth-order valence-corrected chi connectivity index (χ4v) is 2.12. The van der Waals surface area contributed by atoms with Crippen LogP contribution >= 0.6 is 0 Å². The summed E-state index contributed by atoms with van der Waals surface area (Å²) in [5.41, 5.74) is 6.09. The van der Waals surface area contributed by atoms with E-state index in [0.29, 0.717) is 5.69 Å². The first-order chi connectivity index (χ1) is 10.0. The van der Waals surface area contributed by atoms with Gasteiger partial charge in [0.15, 0.2) is 0 Å². The van der Waals surface area contributed by atoms with Gasteiger partial charge >= 0.3 is 0 Å². The highest BCUT2D eigenvalue weighted by Gasteiger charge is 2.18. The molecule has 1 aromatic heterocycles. The Labute approximate surface area is 123 Å². The van der Waals surface area contributed by atoms with Gasteiger partial charge in [0.05, 0.1) is 5.69 Å². The van der Waals surface area contributed by atoms with Gasteiger partial charge < -0.3 is 15.6 Å². The van der Waals surface area contributed by atoms with E-state index in [9.17, 15) is 9.18 Å². The van der Waals surface area contributed by atoms with Crippen LogP contribution in [0.4, 0.5) is 15.8 Å². The first-order valence-electron chi connectivity index (χ1n) is 6.90. The molecule has 0 saturated carbocycles. The third-order valence-electron chi connectivity index (χ3n) is 3.27. The molecule has 0 fully saturated rings. The summed E-state index contributed by atoms with van der Waals surface area (Å²) in [6.45, 7) is 3.80. The number of carbonyl (C=O) groups excluding carboxylic acids is 1. The van der Waals surface area contributed by atoms with Gasteiger partial charge in [0, 0.05) is 24.5 Å². The average molecular weight is 290 g/mol. The third-order valence-corrected chi connectivity index (χ3v) is 3.27. The number of halogens is 1. The van der Waals surface area contributed by atoms with E-state index in [0.717, 1.165) is 18.7 Å². The first-order valence-corrected chi connectivity index (χ1v) is 6.90. The minimum atomic E-state index is -0.510. The Morgan fingerprint density at radius 3 is 3.00 bits per heavy atom. The molecule has 1 heterocycles. The largest absolute Gasteiger partial charge is 0.399 e. The highest BCUT2D eigenvalue weighted by molar-refractivity contribution is 5.94. The lowest BCUT2D eigenvalue weighted by Gasteiger charge is -2.16. The van der Waals surface area contributed by atoms with E-state index < -0.39 is 11.9 Å². The van der Waals surface area contributed by atoms with Crippen LogP contribution in [0.2, 0.25) is 0 Å². The first kappa shape index (κ1) is 15.0. The number of nitrogens with zero attached hydrogens (tertiary/aromatic N) is 2. The summed E-state index contributed by atoms with van der Waals surface area (Å²) in [4.78, 5) is 16.5. The van der Waals surface area contributed by atoms with Gasteiger partial charge in [-0.3, -0.25) is 4.79 Å². The maximum Gasteiger partial charge on any atom is 0.247 e. The van der Waals surface area contributed by atoms with Crippen molar-refractivity contribution in [1.29, 1.82) is 0 Å². The molecule has 0 aliphatic rings. The number of rotatable bonds is 5. The summed E-state index contributed by atoms with van der Waals surface area (Å²) >= 11 is 0. The molecule has 1 unspecified atom stereocenters. The number of aryl methyl sites for hydroxylation is 1. The van der Waals surface area contributed by atoms with Gasteiger partial charge in [-0.25, -0.2) is 9.37 Å². The van der Waals surface area contributed by atoms with E-state index in [4.69, 9.17) is 5.73 Å². The van der Waals surface area contributed by atoms with Crippen molar-refractivity contribution in [3.63, 3.8) is 0 Å². The Balaban J connectivity index is 2.16. The molecule has 0 aliphatic heterocycles. The SMILES string of the molecule is CCCc1nccn1C(C)C(=O)Nc1cc(N)ccc1F. The molecule has 0 saturated heterocycles. The van der Waals surface area contributed by atoms with Gasteiger partial charge in [-0.15, -0.1) is 0 Å². The van der Waals surface area contributed by atoms with Crippen LogP contribution in [-0.4, -0.2) is 15.5 Å². The van der Waals surface area contributed by atoms with Gasteiger partial charge in [-0.1, -0.05) is 6.92 Å². The molecule has 1 aromatic carbocycles. The Bertz CT molecular complexity index is 638. The summed E-state index contributed by atoms with van der Waals surface area (Å²) in [5, 5.41) is 2.57. The number of anilines is 2. The second-order valence-corrected chi connectivity index (χ2v) is 4.91. The molecule has 2 rings (SSSR count). The lowest BCUT2D eigenvalue weighted by Crippen LogP contribution is -2.25. The molecule has 5 nitrogen and oxygen atoms in total. The number of hydrogen-bond acceptors (Lipinski definition) is 3. The molecule has 6 heteroatoms. The van der Waals surface area contributed by atoms with E-state index in [1.165, 1.54) is 18.2 Å². The van der Waals surface area contributed by atoms with Gasteiger partial charge in [0.2, 0.25) is 5.91 Å². The highest BCUT2D eigenvalue weighted by atomic mass is 19.1. The smallest absolute Gasteiger partial charge is 0.247 e. The number of benzene rings is 1. The predicted molar refractivity (Wildman–Crippen MR) is 80.4 cm³/mol. The Morgan fingerprint density at radius 1 is 1.52 bits per heavy atom. The molecule has 2 aromatic rings. The minimum absolute atomic E-state index is 0.0870. The normalized spacial score (nSPS) is 12.1. The fourth-order valence-electron chi connectivity index (χ4n) is 2.12. The molecular formula is C15H19FN4O. The zero-order valence-corrected chi connectivity index (χ0v) is 12.1. The summed E-state index contributed by atoms with van der Waals surface area (Å²) in [6.07, 6.45) is 5.15. The maximum atomic E-state index is 13.6. The second kappa shape index (κ2) is 6.39. The summed E-state index contributed by atoms with van der Waals surface area (Å²) < 4.78 is 15.4. The van der Waals surface area contributed by atoms with Crippen LogP contribution in [-0.2, 0) is 11.2 Å². The van der Waals surface area contributed by atoms with E-state index >= 15 is 0 Å². The molecule has 21 heavy (non-hydrogen) atoms. The average Bonchev–Trinajstić information content (AvgIpc) is 2.90. The quantitative estimate of drug-likeness (QED) is 0.832. The minimum Gasteiger partial charge on any atom is -0.399 e.